The van der Waals surface area contributed by atoms with Gasteiger partial charge in [-0.05, 0) is 13.0 Å². The van der Waals surface area contributed by atoms with Gasteiger partial charge in [0, 0.05) is 22.5 Å². The molecule has 0 saturated heterocycles. The second-order valence-corrected chi connectivity index (χ2v) is 4.21. The van der Waals surface area contributed by atoms with Gasteiger partial charge in [-0.25, -0.2) is 0 Å². The highest BCUT2D eigenvalue weighted by Gasteiger charge is 2.41. The van der Waals surface area contributed by atoms with Crippen LogP contribution in [0.5, 0.6) is 0 Å². The molecule has 1 heterocycles. The first-order valence-electron chi connectivity index (χ1n) is 4.07. The number of pyridine rings is 1. The van der Waals surface area contributed by atoms with Crippen LogP contribution in [0.2, 0.25) is 0 Å². The van der Waals surface area contributed by atoms with Crippen LogP contribution >= 0.6 is 16.9 Å². The van der Waals surface area contributed by atoms with Crippen LogP contribution in [-0.2, 0) is 19.4 Å². The van der Waals surface area contributed by atoms with Gasteiger partial charge in [0.15, 0.2) is 0 Å². The van der Waals surface area contributed by atoms with Gasteiger partial charge >= 0.3 is 16.9 Å². The second-order valence-electron chi connectivity index (χ2n) is 2.86. The topological polar surface area (TPSA) is 109 Å². The van der Waals surface area contributed by atoms with E-state index in [-0.39, 0.29) is 0 Å². The Morgan fingerprint density at radius 1 is 1.56 bits per heavy atom. The third-order valence-electron chi connectivity index (χ3n) is 1.69. The zero-order chi connectivity index (χ0) is 12.2. The van der Waals surface area contributed by atoms with Crippen LogP contribution in [0.15, 0.2) is 24.5 Å². The van der Waals surface area contributed by atoms with Crippen molar-refractivity contribution in [1.29, 1.82) is 0 Å². The number of aromatic nitrogens is 1. The van der Waals surface area contributed by atoms with E-state index in [1.807, 2.05) is 0 Å². The summed E-state index contributed by atoms with van der Waals surface area (Å²) in [4.78, 5) is 30.0. The summed E-state index contributed by atoms with van der Waals surface area (Å²) >= 11 is 0. The first-order chi connectivity index (χ1) is 7.44. The van der Waals surface area contributed by atoms with Crippen molar-refractivity contribution in [1.82, 2.24) is 4.98 Å². The first kappa shape index (κ1) is 13.5. The third kappa shape index (κ3) is 3.81. The predicted molar refractivity (Wildman–Crippen MR) is 54.9 cm³/mol. The SMILES string of the molecule is CC(OP(O)O)(O[P+](=O)O)c1cccnc1. The third-order valence-corrected chi connectivity index (χ3v) is 2.71. The lowest BCUT2D eigenvalue weighted by atomic mass is 10.1. The van der Waals surface area contributed by atoms with Gasteiger partial charge in [-0.1, -0.05) is 10.6 Å². The fraction of sp³-hybridized carbons (Fsp3) is 0.286. The van der Waals surface area contributed by atoms with Gasteiger partial charge in [0.2, 0.25) is 0 Å². The molecule has 7 nitrogen and oxygen atoms in total. The van der Waals surface area contributed by atoms with Gasteiger partial charge in [-0.3, -0.25) is 9.51 Å². The fourth-order valence-electron chi connectivity index (χ4n) is 1.06. The molecule has 9 heteroatoms. The number of rotatable bonds is 5. The maximum Gasteiger partial charge on any atom is 0.698 e. The van der Waals surface area contributed by atoms with Crippen molar-refractivity contribution in [2.24, 2.45) is 0 Å². The molecule has 1 aromatic heterocycles. The molecule has 16 heavy (non-hydrogen) atoms. The molecule has 88 valence electrons. The van der Waals surface area contributed by atoms with Crippen LogP contribution in [0, 0.1) is 0 Å². The molecule has 2 unspecified atom stereocenters. The molecule has 3 N–H and O–H groups in total. The Hall–Kier alpha value is -0.520. The summed E-state index contributed by atoms with van der Waals surface area (Å²) in [6, 6.07) is 3.08. The quantitative estimate of drug-likeness (QED) is 0.541. The predicted octanol–water partition coefficient (Wildman–Crippen LogP) is 1.15. The fourth-order valence-corrected chi connectivity index (χ4v) is 2.01. The summed E-state index contributed by atoms with van der Waals surface area (Å²) in [5.74, 6) is -1.73. The van der Waals surface area contributed by atoms with Crippen molar-refractivity contribution < 1.29 is 28.3 Å². The zero-order valence-electron chi connectivity index (χ0n) is 8.22. The summed E-state index contributed by atoms with van der Waals surface area (Å²) in [7, 11) is -5.69. The van der Waals surface area contributed by atoms with Crippen molar-refractivity contribution in [2.75, 3.05) is 0 Å². The van der Waals surface area contributed by atoms with E-state index in [1.54, 1.807) is 6.07 Å². The minimum absolute atomic E-state index is 0.294. The molecule has 0 fully saturated rings. The average molecular weight is 266 g/mol. The van der Waals surface area contributed by atoms with Crippen molar-refractivity contribution in [3.8, 4) is 0 Å². The smallest absolute Gasteiger partial charge is 0.328 e. The molecule has 1 aromatic rings. The van der Waals surface area contributed by atoms with E-state index in [4.69, 9.17) is 19.2 Å². The summed E-state index contributed by atoms with van der Waals surface area (Å²) in [5, 5.41) is 0. The second kappa shape index (κ2) is 5.70. The van der Waals surface area contributed by atoms with Gasteiger partial charge in [0.05, 0.1) is 0 Å². The van der Waals surface area contributed by atoms with E-state index in [1.165, 1.54) is 25.4 Å². The number of hydrogen-bond acceptors (Lipinski definition) is 6. The van der Waals surface area contributed by atoms with Crippen LogP contribution in [0.3, 0.4) is 0 Å². The molecule has 0 spiro atoms. The van der Waals surface area contributed by atoms with E-state index in [0.29, 0.717) is 5.56 Å². The maximum absolute atomic E-state index is 10.6. The summed E-state index contributed by atoms with van der Waals surface area (Å²) in [6.45, 7) is 1.29. The lowest BCUT2D eigenvalue weighted by Gasteiger charge is -2.22. The monoisotopic (exact) mass is 266 g/mol. The van der Waals surface area contributed by atoms with Crippen LogP contribution in [0.25, 0.3) is 0 Å². The van der Waals surface area contributed by atoms with E-state index in [9.17, 15) is 4.57 Å². The lowest BCUT2D eigenvalue weighted by molar-refractivity contribution is -0.111. The van der Waals surface area contributed by atoms with Gasteiger partial charge in [-0.2, -0.15) is 0 Å². The van der Waals surface area contributed by atoms with Crippen LogP contribution in [0.4, 0.5) is 0 Å². The molecular weight excluding hydrogens is 256 g/mol. The normalized spacial score (nSPS) is 15.9. The Labute approximate surface area is 93.6 Å². The van der Waals surface area contributed by atoms with Crippen molar-refractivity contribution in [2.45, 2.75) is 12.7 Å². The molecule has 1 rings (SSSR count). The molecule has 0 radical (unpaired) electrons. The lowest BCUT2D eigenvalue weighted by Crippen LogP contribution is -2.25. The highest BCUT2D eigenvalue weighted by molar-refractivity contribution is 7.39. The minimum atomic E-state index is -2.96. The van der Waals surface area contributed by atoms with E-state index < -0.39 is 22.6 Å². The summed E-state index contributed by atoms with van der Waals surface area (Å²) in [5.41, 5.74) is 0.294. The van der Waals surface area contributed by atoms with E-state index >= 15 is 0 Å². The standard InChI is InChI=1S/C7H9NO6P2/c1-7(13-15(9)10,14-16(11)12)6-3-2-4-8-5-6/h2-5,9-10H,1H3/p+1. The number of hydrogen-bond donors (Lipinski definition) is 3. The Morgan fingerprint density at radius 2 is 2.25 bits per heavy atom. The van der Waals surface area contributed by atoms with Crippen molar-refractivity contribution >= 4 is 16.9 Å². The van der Waals surface area contributed by atoms with Crippen LogP contribution in [-0.4, -0.2) is 19.7 Å². The van der Waals surface area contributed by atoms with Crippen molar-refractivity contribution in [3.05, 3.63) is 30.1 Å². The number of nitrogens with zero attached hydrogens (tertiary/aromatic N) is 1. The van der Waals surface area contributed by atoms with Gasteiger partial charge in [0.25, 0.3) is 5.79 Å². The van der Waals surface area contributed by atoms with E-state index in [2.05, 4.69) is 9.51 Å². The van der Waals surface area contributed by atoms with Crippen LogP contribution in [0.1, 0.15) is 12.5 Å². The molecule has 0 bridgehead atoms. The Morgan fingerprint density at radius 3 is 2.69 bits per heavy atom. The maximum atomic E-state index is 10.6. The van der Waals surface area contributed by atoms with Gasteiger partial charge in [0.1, 0.15) is 0 Å². The van der Waals surface area contributed by atoms with Gasteiger partial charge in [-0.15, -0.1) is 4.89 Å². The zero-order valence-corrected chi connectivity index (χ0v) is 10.0. The molecule has 0 aliphatic heterocycles. The van der Waals surface area contributed by atoms with Crippen molar-refractivity contribution in [3.63, 3.8) is 0 Å². The highest BCUT2D eigenvalue weighted by Crippen LogP contribution is 2.43. The average Bonchev–Trinajstić information content (AvgIpc) is 2.16. The highest BCUT2D eigenvalue weighted by atomic mass is 31.2. The molecule has 2 atom stereocenters. The molecule has 0 amide bonds. The summed E-state index contributed by atoms with van der Waals surface area (Å²) < 4.78 is 20.0. The minimum Gasteiger partial charge on any atom is -0.328 e. The van der Waals surface area contributed by atoms with E-state index in [0.717, 1.165) is 0 Å². The molecule has 0 aromatic carbocycles. The molecular formula is C7H10NO6P2+. The Balaban J connectivity index is 2.99. The Kier molecular flexibility index (Phi) is 4.83. The molecule has 0 aliphatic carbocycles. The van der Waals surface area contributed by atoms with Gasteiger partial charge < -0.3 is 9.79 Å². The first-order valence-corrected chi connectivity index (χ1v) is 6.36. The largest absolute Gasteiger partial charge is 0.698 e. The Bertz CT molecular complexity index is 361. The summed E-state index contributed by atoms with van der Waals surface area (Å²) in [6.07, 6.45) is 2.82. The molecule has 0 saturated carbocycles. The molecule has 0 aliphatic rings. The van der Waals surface area contributed by atoms with Crippen LogP contribution < -0.4 is 0 Å².